The monoisotopic (exact) mass is 366 g/mol. The van der Waals surface area contributed by atoms with Crippen LogP contribution in [0.5, 0.6) is 0 Å². The van der Waals surface area contributed by atoms with E-state index >= 15 is 0 Å². The molecule has 0 unspecified atom stereocenters. The van der Waals surface area contributed by atoms with Gasteiger partial charge in [0.25, 0.3) is 11.8 Å². The second-order valence-corrected chi connectivity index (χ2v) is 6.69. The fourth-order valence-electron chi connectivity index (χ4n) is 2.51. The highest BCUT2D eigenvalue weighted by molar-refractivity contribution is 6.06. The Bertz CT molecular complexity index is 875. The number of amides is 4. The van der Waals surface area contributed by atoms with E-state index in [9.17, 15) is 14.4 Å². The summed E-state index contributed by atoms with van der Waals surface area (Å²) in [5, 5.41) is 8.34. The molecule has 2 aromatic rings. The van der Waals surface area contributed by atoms with Gasteiger partial charge < -0.3 is 20.9 Å². The van der Waals surface area contributed by atoms with Gasteiger partial charge in [0.05, 0.1) is 0 Å². The maximum absolute atomic E-state index is 12.5. The van der Waals surface area contributed by atoms with Gasteiger partial charge in [0.1, 0.15) is 0 Å². The number of hydrogen-bond donors (Lipinski definition) is 3. The van der Waals surface area contributed by atoms with Gasteiger partial charge in [-0.05, 0) is 49.2 Å². The molecule has 0 heterocycles. The number of rotatable bonds is 5. The van der Waals surface area contributed by atoms with Crippen molar-refractivity contribution in [2.75, 3.05) is 24.7 Å². The van der Waals surface area contributed by atoms with Crippen molar-refractivity contribution in [1.29, 1.82) is 0 Å². The molecular formula is C20H22N4O3. The zero-order chi connectivity index (χ0) is 19.4. The first-order chi connectivity index (χ1) is 12.9. The normalized spacial score (nSPS) is 12.8. The van der Waals surface area contributed by atoms with E-state index in [0.29, 0.717) is 22.5 Å². The fraction of sp³-hybridized carbons (Fsp3) is 0.250. The number of urea groups is 1. The second-order valence-electron chi connectivity index (χ2n) is 6.69. The summed E-state index contributed by atoms with van der Waals surface area (Å²) >= 11 is 0. The molecule has 1 aliphatic carbocycles. The Hall–Kier alpha value is -3.35. The predicted molar refractivity (Wildman–Crippen MR) is 104 cm³/mol. The van der Waals surface area contributed by atoms with Crippen LogP contribution in [0.2, 0.25) is 0 Å². The zero-order valence-corrected chi connectivity index (χ0v) is 15.3. The molecule has 27 heavy (non-hydrogen) atoms. The van der Waals surface area contributed by atoms with Crippen LogP contribution >= 0.6 is 0 Å². The van der Waals surface area contributed by atoms with E-state index in [1.165, 1.54) is 4.90 Å². The minimum Gasteiger partial charge on any atom is -0.345 e. The van der Waals surface area contributed by atoms with Gasteiger partial charge in [0, 0.05) is 42.6 Å². The Kier molecular flexibility index (Phi) is 5.40. The maximum Gasteiger partial charge on any atom is 0.319 e. The second kappa shape index (κ2) is 7.90. The summed E-state index contributed by atoms with van der Waals surface area (Å²) in [5.41, 5.74) is 1.96. The summed E-state index contributed by atoms with van der Waals surface area (Å²) in [6.07, 6.45) is 2.01. The van der Waals surface area contributed by atoms with Gasteiger partial charge in [-0.15, -0.1) is 0 Å². The van der Waals surface area contributed by atoms with Crippen LogP contribution in [0.3, 0.4) is 0 Å². The number of carbonyl (C=O) groups excluding carboxylic acids is 3. The van der Waals surface area contributed by atoms with Crippen molar-refractivity contribution in [2.24, 2.45) is 0 Å². The van der Waals surface area contributed by atoms with Crippen molar-refractivity contribution < 1.29 is 14.4 Å². The average Bonchev–Trinajstić information content (AvgIpc) is 3.45. The summed E-state index contributed by atoms with van der Waals surface area (Å²) in [6, 6.07) is 13.4. The van der Waals surface area contributed by atoms with Crippen LogP contribution in [-0.2, 0) is 0 Å². The minimum absolute atomic E-state index is 0.140. The van der Waals surface area contributed by atoms with Gasteiger partial charge in [-0.3, -0.25) is 9.59 Å². The highest BCUT2D eigenvalue weighted by atomic mass is 16.2. The van der Waals surface area contributed by atoms with Crippen molar-refractivity contribution in [3.8, 4) is 0 Å². The van der Waals surface area contributed by atoms with Gasteiger partial charge >= 0.3 is 6.03 Å². The van der Waals surface area contributed by atoms with Gasteiger partial charge in [0.15, 0.2) is 0 Å². The molecule has 7 heteroatoms. The Morgan fingerprint density at radius 3 is 2.11 bits per heavy atom. The van der Waals surface area contributed by atoms with Gasteiger partial charge in [-0.2, -0.15) is 0 Å². The molecule has 0 aliphatic heterocycles. The van der Waals surface area contributed by atoms with E-state index < -0.39 is 0 Å². The summed E-state index contributed by atoms with van der Waals surface area (Å²) in [5.74, 6) is -0.463. The lowest BCUT2D eigenvalue weighted by Crippen LogP contribution is -2.30. The summed E-state index contributed by atoms with van der Waals surface area (Å²) in [6.45, 7) is 0. The van der Waals surface area contributed by atoms with Crippen LogP contribution in [-0.4, -0.2) is 42.9 Å². The van der Waals surface area contributed by atoms with E-state index in [-0.39, 0.29) is 23.9 Å². The summed E-state index contributed by atoms with van der Waals surface area (Å²) in [7, 11) is 3.34. The molecule has 3 N–H and O–H groups in total. The number of nitrogens with zero attached hydrogens (tertiary/aromatic N) is 1. The smallest absolute Gasteiger partial charge is 0.319 e. The summed E-state index contributed by atoms with van der Waals surface area (Å²) < 4.78 is 0. The molecule has 0 radical (unpaired) electrons. The third-order valence-electron chi connectivity index (χ3n) is 4.07. The molecule has 140 valence electrons. The first kappa shape index (κ1) is 18.4. The third kappa shape index (κ3) is 5.07. The minimum atomic E-state index is -0.323. The van der Waals surface area contributed by atoms with Crippen molar-refractivity contribution in [1.82, 2.24) is 10.2 Å². The van der Waals surface area contributed by atoms with Crippen LogP contribution < -0.4 is 16.0 Å². The third-order valence-corrected chi connectivity index (χ3v) is 4.07. The Morgan fingerprint density at radius 2 is 1.48 bits per heavy atom. The highest BCUT2D eigenvalue weighted by Gasteiger charge is 2.23. The molecule has 1 fully saturated rings. The first-order valence-electron chi connectivity index (χ1n) is 8.73. The van der Waals surface area contributed by atoms with Crippen molar-refractivity contribution in [3.63, 3.8) is 0 Å². The van der Waals surface area contributed by atoms with Crippen LogP contribution in [0, 0.1) is 0 Å². The molecule has 2 aromatic carbocycles. The molecule has 4 amide bonds. The molecule has 0 bridgehead atoms. The van der Waals surface area contributed by atoms with Crippen molar-refractivity contribution in [3.05, 3.63) is 59.7 Å². The van der Waals surface area contributed by atoms with Crippen molar-refractivity contribution >= 4 is 29.2 Å². The maximum atomic E-state index is 12.5. The molecule has 7 nitrogen and oxygen atoms in total. The summed E-state index contributed by atoms with van der Waals surface area (Å²) in [4.78, 5) is 37.9. The largest absolute Gasteiger partial charge is 0.345 e. The van der Waals surface area contributed by atoms with E-state index in [4.69, 9.17) is 0 Å². The molecular weight excluding hydrogens is 344 g/mol. The first-order valence-corrected chi connectivity index (χ1v) is 8.73. The molecule has 0 atom stereocenters. The lowest BCUT2D eigenvalue weighted by atomic mass is 10.1. The Labute approximate surface area is 157 Å². The lowest BCUT2D eigenvalue weighted by molar-refractivity contribution is 0.0827. The fourth-order valence-corrected chi connectivity index (χ4v) is 2.51. The van der Waals surface area contributed by atoms with Crippen LogP contribution in [0.4, 0.5) is 16.2 Å². The quantitative estimate of drug-likeness (QED) is 0.760. The number of nitrogens with one attached hydrogen (secondary N) is 3. The van der Waals surface area contributed by atoms with Gasteiger partial charge in [-0.25, -0.2) is 4.79 Å². The highest BCUT2D eigenvalue weighted by Crippen LogP contribution is 2.19. The van der Waals surface area contributed by atoms with Crippen LogP contribution in [0.25, 0.3) is 0 Å². The molecule has 1 aliphatic rings. The Morgan fingerprint density at radius 1 is 0.889 bits per heavy atom. The van der Waals surface area contributed by atoms with Gasteiger partial charge in [0.2, 0.25) is 0 Å². The average molecular weight is 366 g/mol. The molecule has 0 aromatic heterocycles. The topological polar surface area (TPSA) is 90.5 Å². The molecule has 0 saturated heterocycles. The van der Waals surface area contributed by atoms with Crippen LogP contribution in [0.1, 0.15) is 33.6 Å². The SMILES string of the molecule is CN(C)C(=O)c1cccc(NC(=O)c2cccc(NC(=O)NC3CC3)c2)c1. The molecule has 3 rings (SSSR count). The van der Waals surface area contributed by atoms with Crippen LogP contribution in [0.15, 0.2) is 48.5 Å². The molecule has 0 spiro atoms. The standard InChI is InChI=1S/C20H22N4O3/c1-24(2)19(26)14-6-4-7-16(12-14)21-18(25)13-5-3-8-17(11-13)23-20(27)22-15-9-10-15/h3-8,11-12,15H,9-10H2,1-2H3,(H,21,25)(H2,22,23,27). The predicted octanol–water partition coefficient (Wildman–Crippen LogP) is 2.92. The zero-order valence-electron chi connectivity index (χ0n) is 15.3. The van der Waals surface area contributed by atoms with E-state index in [1.54, 1.807) is 62.6 Å². The van der Waals surface area contributed by atoms with E-state index in [1.807, 2.05) is 0 Å². The lowest BCUT2D eigenvalue weighted by Gasteiger charge is -2.12. The number of anilines is 2. The number of hydrogen-bond acceptors (Lipinski definition) is 3. The van der Waals surface area contributed by atoms with Gasteiger partial charge in [-0.1, -0.05) is 12.1 Å². The van der Waals surface area contributed by atoms with Crippen molar-refractivity contribution in [2.45, 2.75) is 18.9 Å². The number of carbonyl (C=O) groups is 3. The van der Waals surface area contributed by atoms with E-state index in [2.05, 4.69) is 16.0 Å². The number of benzene rings is 2. The molecule has 1 saturated carbocycles. The Balaban J connectivity index is 1.67. The van der Waals surface area contributed by atoms with E-state index in [0.717, 1.165) is 12.8 Å².